The Morgan fingerprint density at radius 2 is 1.62 bits per heavy atom. The van der Waals surface area contributed by atoms with Crippen molar-refractivity contribution in [1.82, 2.24) is 5.48 Å². The van der Waals surface area contributed by atoms with Crippen molar-refractivity contribution >= 4 is 17.5 Å². The number of hydrogen-bond donors (Lipinski definition) is 2. The molecule has 2 rings (SSSR count). The maximum Gasteiger partial charge on any atom is 0.243 e. The Morgan fingerprint density at radius 1 is 1.04 bits per heavy atom. The van der Waals surface area contributed by atoms with Gasteiger partial charge in [0.25, 0.3) is 0 Å². The molecule has 5 nitrogen and oxygen atoms in total. The van der Waals surface area contributed by atoms with Gasteiger partial charge >= 0.3 is 0 Å². The van der Waals surface area contributed by atoms with E-state index in [2.05, 4.69) is 5.18 Å². The number of benzene rings is 2. The first-order chi connectivity index (χ1) is 11.6. The van der Waals surface area contributed by atoms with Gasteiger partial charge in [-0.05, 0) is 41.7 Å². The highest BCUT2D eigenvalue weighted by atomic mass is 35.5. The number of rotatable bonds is 8. The summed E-state index contributed by atoms with van der Waals surface area (Å²) in [5, 5.41) is 12.3. The fraction of sp³-hybridized carbons (Fsp3) is 0.278. The van der Waals surface area contributed by atoms with Crippen molar-refractivity contribution < 1.29 is 10.0 Å². The second-order valence-electron chi connectivity index (χ2n) is 5.53. The van der Waals surface area contributed by atoms with Crippen LogP contribution in [-0.2, 0) is 4.79 Å². The third-order valence-corrected chi connectivity index (χ3v) is 4.11. The predicted octanol–water partition coefficient (Wildman–Crippen LogP) is 4.88. The van der Waals surface area contributed by atoms with Crippen LogP contribution in [0.25, 0.3) is 11.1 Å². The number of nitrogens with one attached hydrogen (secondary N) is 1. The van der Waals surface area contributed by atoms with Crippen LogP contribution in [0.4, 0.5) is 0 Å². The number of nitrogens with zero attached hydrogens (tertiary/aromatic N) is 1. The average molecular weight is 347 g/mol. The molecule has 0 spiro atoms. The van der Waals surface area contributed by atoms with E-state index in [0.717, 1.165) is 16.7 Å². The van der Waals surface area contributed by atoms with E-state index in [-0.39, 0.29) is 6.42 Å². The summed E-state index contributed by atoms with van der Waals surface area (Å²) in [6.45, 7) is 0. The van der Waals surface area contributed by atoms with Gasteiger partial charge in [-0.1, -0.05) is 59.6 Å². The van der Waals surface area contributed by atoms with Crippen LogP contribution >= 0.6 is 11.6 Å². The van der Waals surface area contributed by atoms with E-state index in [1.54, 1.807) is 5.48 Å². The van der Waals surface area contributed by atoms with Crippen molar-refractivity contribution in [3.8, 4) is 11.1 Å². The standard InChI is InChI=1S/C18H19ClN2O3/c19-16-11-9-14(10-12-16)13-5-7-15(8-6-13)17(20-23)3-1-2-4-18(22)21-24/h5-12,17,24H,1-4H2,(H,21,22). The summed E-state index contributed by atoms with van der Waals surface area (Å²) in [6.07, 6.45) is 2.09. The van der Waals surface area contributed by atoms with E-state index in [0.29, 0.717) is 24.3 Å². The van der Waals surface area contributed by atoms with E-state index in [1.165, 1.54) is 0 Å². The van der Waals surface area contributed by atoms with Crippen molar-refractivity contribution in [3.63, 3.8) is 0 Å². The lowest BCUT2D eigenvalue weighted by molar-refractivity contribution is -0.129. The first kappa shape index (κ1) is 18.1. The van der Waals surface area contributed by atoms with E-state index < -0.39 is 11.9 Å². The van der Waals surface area contributed by atoms with Crippen molar-refractivity contribution in [1.29, 1.82) is 0 Å². The minimum Gasteiger partial charge on any atom is -0.289 e. The zero-order valence-corrected chi connectivity index (χ0v) is 13.9. The van der Waals surface area contributed by atoms with Crippen molar-refractivity contribution in [2.24, 2.45) is 5.18 Å². The molecule has 126 valence electrons. The molecule has 0 heterocycles. The van der Waals surface area contributed by atoms with Crippen LogP contribution in [0.2, 0.25) is 5.02 Å². The highest BCUT2D eigenvalue weighted by molar-refractivity contribution is 6.30. The molecule has 1 atom stereocenters. The second kappa shape index (κ2) is 9.15. The Labute approximate surface area is 145 Å². The topological polar surface area (TPSA) is 78.8 Å². The largest absolute Gasteiger partial charge is 0.289 e. The molecule has 0 aliphatic carbocycles. The average Bonchev–Trinajstić information content (AvgIpc) is 2.62. The van der Waals surface area contributed by atoms with Gasteiger partial charge in [-0.25, -0.2) is 5.48 Å². The lowest BCUT2D eigenvalue weighted by atomic mass is 9.98. The van der Waals surface area contributed by atoms with Gasteiger partial charge < -0.3 is 0 Å². The number of hydrogen-bond acceptors (Lipinski definition) is 4. The third-order valence-electron chi connectivity index (χ3n) is 3.86. The highest BCUT2D eigenvalue weighted by Crippen LogP contribution is 2.27. The molecule has 24 heavy (non-hydrogen) atoms. The van der Waals surface area contributed by atoms with Gasteiger partial charge in [-0.3, -0.25) is 10.0 Å². The summed E-state index contributed by atoms with van der Waals surface area (Å²) < 4.78 is 0. The quantitative estimate of drug-likeness (QED) is 0.309. The molecule has 1 unspecified atom stereocenters. The normalized spacial score (nSPS) is 11.8. The molecule has 0 radical (unpaired) electrons. The van der Waals surface area contributed by atoms with Crippen LogP contribution in [0.3, 0.4) is 0 Å². The predicted molar refractivity (Wildman–Crippen MR) is 93.8 cm³/mol. The summed E-state index contributed by atoms with van der Waals surface area (Å²) in [4.78, 5) is 22.0. The van der Waals surface area contributed by atoms with Gasteiger partial charge in [0.15, 0.2) is 0 Å². The summed E-state index contributed by atoms with van der Waals surface area (Å²) in [5.74, 6) is -0.419. The molecule has 0 aromatic heterocycles. The van der Waals surface area contributed by atoms with Gasteiger partial charge in [0, 0.05) is 11.4 Å². The van der Waals surface area contributed by atoms with Gasteiger partial charge in [-0.15, -0.1) is 0 Å². The maximum atomic E-state index is 11.1. The first-order valence-corrected chi connectivity index (χ1v) is 8.13. The molecule has 0 aliphatic heterocycles. The van der Waals surface area contributed by atoms with Crippen LogP contribution in [0.5, 0.6) is 0 Å². The number of amides is 1. The number of carbonyl (C=O) groups excluding carboxylic acids is 1. The molecule has 1 amide bonds. The first-order valence-electron chi connectivity index (χ1n) is 7.75. The minimum absolute atomic E-state index is 0.234. The number of unbranched alkanes of at least 4 members (excludes halogenated alkanes) is 1. The van der Waals surface area contributed by atoms with Crippen molar-refractivity contribution in [2.75, 3.05) is 0 Å². The van der Waals surface area contributed by atoms with E-state index in [1.807, 2.05) is 48.5 Å². The highest BCUT2D eigenvalue weighted by Gasteiger charge is 2.12. The molecule has 0 bridgehead atoms. The second-order valence-corrected chi connectivity index (χ2v) is 5.97. The lowest BCUT2D eigenvalue weighted by Gasteiger charge is -2.10. The van der Waals surface area contributed by atoms with E-state index >= 15 is 0 Å². The fourth-order valence-electron chi connectivity index (χ4n) is 2.50. The van der Waals surface area contributed by atoms with Gasteiger partial charge in [0.1, 0.15) is 6.04 Å². The number of carbonyl (C=O) groups is 1. The number of hydroxylamine groups is 1. The zero-order valence-electron chi connectivity index (χ0n) is 13.1. The SMILES string of the molecule is O=NC(CCCCC(=O)NO)c1ccc(-c2ccc(Cl)cc2)cc1. The molecular weight excluding hydrogens is 328 g/mol. The number of nitroso groups, excluding NO2 is 1. The summed E-state index contributed by atoms with van der Waals surface area (Å²) in [6, 6.07) is 14.8. The fourth-order valence-corrected chi connectivity index (χ4v) is 2.63. The Hall–Kier alpha value is -2.24. The van der Waals surface area contributed by atoms with E-state index in [9.17, 15) is 9.70 Å². The minimum atomic E-state index is -0.429. The van der Waals surface area contributed by atoms with Crippen LogP contribution in [0.1, 0.15) is 37.3 Å². The Morgan fingerprint density at radius 3 is 2.17 bits per heavy atom. The Balaban J connectivity index is 1.95. The maximum absolute atomic E-state index is 11.1. The molecule has 0 fully saturated rings. The van der Waals surface area contributed by atoms with E-state index in [4.69, 9.17) is 16.8 Å². The van der Waals surface area contributed by atoms with Gasteiger partial charge in [0.05, 0.1) is 0 Å². The zero-order chi connectivity index (χ0) is 17.4. The Bertz CT molecular complexity index is 672. The smallest absolute Gasteiger partial charge is 0.243 e. The monoisotopic (exact) mass is 346 g/mol. The summed E-state index contributed by atoms with van der Waals surface area (Å²) >= 11 is 5.89. The molecular formula is C18H19ClN2O3. The molecule has 0 saturated heterocycles. The Kier molecular flexibility index (Phi) is 6.90. The number of halogens is 1. The molecule has 0 saturated carbocycles. The summed E-state index contributed by atoms with van der Waals surface area (Å²) in [7, 11) is 0. The van der Waals surface area contributed by atoms with Crippen molar-refractivity contribution in [2.45, 2.75) is 31.7 Å². The molecule has 6 heteroatoms. The summed E-state index contributed by atoms with van der Waals surface area (Å²) in [5.41, 5.74) is 4.54. The molecule has 2 aromatic rings. The van der Waals surface area contributed by atoms with Crippen LogP contribution < -0.4 is 5.48 Å². The van der Waals surface area contributed by atoms with Crippen LogP contribution in [0.15, 0.2) is 53.7 Å². The molecule has 2 N–H and O–H groups in total. The molecule has 0 aliphatic rings. The van der Waals surface area contributed by atoms with Crippen LogP contribution in [-0.4, -0.2) is 11.1 Å². The third kappa shape index (κ3) is 5.15. The van der Waals surface area contributed by atoms with Gasteiger partial charge in [0.2, 0.25) is 5.91 Å². The van der Waals surface area contributed by atoms with Crippen LogP contribution in [0, 0.1) is 4.91 Å². The molecule has 2 aromatic carbocycles. The van der Waals surface area contributed by atoms with Gasteiger partial charge in [-0.2, -0.15) is 4.91 Å². The van der Waals surface area contributed by atoms with Crippen molar-refractivity contribution in [3.05, 3.63) is 64.0 Å². The lowest BCUT2D eigenvalue weighted by Crippen LogP contribution is -2.17.